The highest BCUT2D eigenvalue weighted by Crippen LogP contribution is 2.45. The molecule has 1 saturated heterocycles. The van der Waals surface area contributed by atoms with Gasteiger partial charge in [0.15, 0.2) is 17.0 Å². The van der Waals surface area contributed by atoms with Crippen LogP contribution in [0.2, 0.25) is 0 Å². The summed E-state index contributed by atoms with van der Waals surface area (Å²) in [5, 5.41) is 11.5. The molecule has 0 atom stereocenters. The fraction of sp³-hybridized carbons (Fsp3) is 0.417. The average Bonchev–Trinajstić information content (AvgIpc) is 3.55. The molecule has 5 heterocycles. The smallest absolute Gasteiger partial charge is 0.284 e. The number of rotatable bonds is 4. The Labute approximate surface area is 196 Å². The van der Waals surface area contributed by atoms with E-state index in [1.54, 1.807) is 6.33 Å². The molecule has 10 nitrogen and oxygen atoms in total. The van der Waals surface area contributed by atoms with Crippen LogP contribution in [0.1, 0.15) is 51.0 Å². The number of para-hydroxylation sites is 1. The Morgan fingerprint density at radius 3 is 2.68 bits per heavy atom. The van der Waals surface area contributed by atoms with Crippen molar-refractivity contribution in [3.05, 3.63) is 42.0 Å². The van der Waals surface area contributed by atoms with Crippen molar-refractivity contribution in [2.45, 2.75) is 51.5 Å². The SMILES string of the molecule is CCn1c(-c2nnc(C(C)C)o2)nc2c(N3CCC4(CC3)C(=O)Nc3ccccc34)ncnc21. The summed E-state index contributed by atoms with van der Waals surface area (Å²) in [7, 11) is 0. The van der Waals surface area contributed by atoms with Crippen LogP contribution >= 0.6 is 0 Å². The first kappa shape index (κ1) is 20.8. The van der Waals surface area contributed by atoms with Gasteiger partial charge in [0.2, 0.25) is 17.6 Å². The van der Waals surface area contributed by atoms with Crippen molar-refractivity contribution in [3.8, 4) is 11.7 Å². The van der Waals surface area contributed by atoms with Crippen LogP contribution in [0.15, 0.2) is 35.0 Å². The second-order valence-corrected chi connectivity index (χ2v) is 9.22. The molecule has 10 heteroatoms. The average molecular weight is 459 g/mol. The van der Waals surface area contributed by atoms with E-state index in [0.717, 1.165) is 22.7 Å². The van der Waals surface area contributed by atoms with Crippen molar-refractivity contribution in [1.29, 1.82) is 0 Å². The number of nitrogens with zero attached hydrogens (tertiary/aromatic N) is 7. The zero-order chi connectivity index (χ0) is 23.4. The molecular formula is C24H26N8O2. The van der Waals surface area contributed by atoms with Gasteiger partial charge in [0.05, 0.1) is 5.41 Å². The topological polar surface area (TPSA) is 115 Å². The lowest BCUT2D eigenvalue weighted by Crippen LogP contribution is -2.46. The number of hydrogen-bond donors (Lipinski definition) is 1. The molecule has 0 radical (unpaired) electrons. The first-order chi connectivity index (χ1) is 16.5. The number of imidazole rings is 1. The van der Waals surface area contributed by atoms with Crippen LogP contribution in [0.25, 0.3) is 22.9 Å². The van der Waals surface area contributed by atoms with Crippen molar-refractivity contribution in [1.82, 2.24) is 29.7 Å². The van der Waals surface area contributed by atoms with E-state index in [-0.39, 0.29) is 11.8 Å². The molecule has 1 amide bonds. The molecule has 0 bridgehead atoms. The number of carbonyl (C=O) groups is 1. The maximum Gasteiger partial charge on any atom is 0.284 e. The standard InChI is InChI=1S/C24H26N8O2/c1-4-32-19-17(28-20(32)22-30-29-21(34-22)14(2)3)18(25-13-26-19)31-11-9-24(10-12-31)15-7-5-6-8-16(15)27-23(24)33/h5-8,13-14H,4,9-12H2,1-3H3,(H,27,33). The first-order valence-electron chi connectivity index (χ1n) is 11.7. The van der Waals surface area contributed by atoms with E-state index >= 15 is 0 Å². The highest BCUT2D eigenvalue weighted by molar-refractivity contribution is 6.06. The van der Waals surface area contributed by atoms with Crippen LogP contribution < -0.4 is 10.2 Å². The van der Waals surface area contributed by atoms with E-state index in [1.807, 2.05) is 43.5 Å². The van der Waals surface area contributed by atoms with E-state index in [9.17, 15) is 4.79 Å². The van der Waals surface area contributed by atoms with Crippen molar-refractivity contribution in [2.24, 2.45) is 0 Å². The highest BCUT2D eigenvalue weighted by atomic mass is 16.4. The van der Waals surface area contributed by atoms with Gasteiger partial charge in [-0.3, -0.25) is 4.79 Å². The quantitative estimate of drug-likeness (QED) is 0.494. The molecule has 1 aromatic carbocycles. The summed E-state index contributed by atoms with van der Waals surface area (Å²) in [6.07, 6.45) is 3.00. The Hall–Kier alpha value is -3.82. The molecule has 4 aromatic rings. The molecule has 6 rings (SSSR count). The molecule has 1 N–H and O–H groups in total. The number of carbonyl (C=O) groups excluding carboxylic acids is 1. The van der Waals surface area contributed by atoms with E-state index in [4.69, 9.17) is 9.40 Å². The maximum atomic E-state index is 13.0. The number of fused-ring (bicyclic) bond motifs is 3. The third-order valence-corrected chi connectivity index (χ3v) is 7.00. The van der Waals surface area contributed by atoms with E-state index in [2.05, 4.69) is 36.4 Å². The normalized spacial score (nSPS) is 17.1. The van der Waals surface area contributed by atoms with E-state index < -0.39 is 5.41 Å². The zero-order valence-electron chi connectivity index (χ0n) is 19.4. The van der Waals surface area contributed by atoms with Gasteiger partial charge >= 0.3 is 0 Å². The second-order valence-electron chi connectivity index (χ2n) is 9.22. The van der Waals surface area contributed by atoms with Crippen LogP contribution in [-0.4, -0.2) is 48.7 Å². The van der Waals surface area contributed by atoms with Crippen LogP contribution in [0, 0.1) is 0 Å². The minimum Gasteiger partial charge on any atom is -0.418 e. The Morgan fingerprint density at radius 1 is 1.15 bits per heavy atom. The van der Waals surface area contributed by atoms with E-state index in [0.29, 0.717) is 55.6 Å². The largest absolute Gasteiger partial charge is 0.418 e. The molecule has 34 heavy (non-hydrogen) atoms. The fourth-order valence-electron chi connectivity index (χ4n) is 5.15. The Kier molecular flexibility index (Phi) is 4.65. The van der Waals surface area contributed by atoms with Crippen LogP contribution in [-0.2, 0) is 16.8 Å². The zero-order valence-corrected chi connectivity index (χ0v) is 19.4. The van der Waals surface area contributed by atoms with Gasteiger partial charge in [-0.25, -0.2) is 15.0 Å². The van der Waals surface area contributed by atoms with Gasteiger partial charge in [-0.15, -0.1) is 10.2 Å². The summed E-state index contributed by atoms with van der Waals surface area (Å²) >= 11 is 0. The molecule has 174 valence electrons. The molecule has 0 unspecified atom stereocenters. The van der Waals surface area contributed by atoms with Crippen LogP contribution in [0.5, 0.6) is 0 Å². The lowest BCUT2D eigenvalue weighted by molar-refractivity contribution is -0.121. The lowest BCUT2D eigenvalue weighted by Gasteiger charge is -2.38. The molecule has 1 spiro atoms. The number of nitrogens with one attached hydrogen (secondary N) is 1. The third-order valence-electron chi connectivity index (χ3n) is 7.00. The first-order valence-corrected chi connectivity index (χ1v) is 11.7. The van der Waals surface area contributed by atoms with Crippen molar-refractivity contribution < 1.29 is 9.21 Å². The van der Waals surface area contributed by atoms with Crippen molar-refractivity contribution >= 4 is 28.6 Å². The molecule has 1 fully saturated rings. The predicted molar refractivity (Wildman–Crippen MR) is 127 cm³/mol. The fourth-order valence-corrected chi connectivity index (χ4v) is 5.15. The van der Waals surface area contributed by atoms with Gasteiger partial charge in [-0.2, -0.15) is 0 Å². The maximum absolute atomic E-state index is 13.0. The minimum atomic E-state index is -0.482. The molecule has 2 aliphatic rings. The van der Waals surface area contributed by atoms with Crippen LogP contribution in [0.3, 0.4) is 0 Å². The summed E-state index contributed by atoms with van der Waals surface area (Å²) < 4.78 is 7.86. The molecule has 2 aliphatic heterocycles. The number of benzene rings is 1. The summed E-state index contributed by atoms with van der Waals surface area (Å²) in [6, 6.07) is 8.00. The highest BCUT2D eigenvalue weighted by Gasteiger charge is 2.48. The summed E-state index contributed by atoms with van der Waals surface area (Å²) in [5.41, 5.74) is 2.98. The Bertz CT molecular complexity index is 1400. The third kappa shape index (κ3) is 2.94. The van der Waals surface area contributed by atoms with Crippen LogP contribution in [0.4, 0.5) is 11.5 Å². The number of aryl methyl sites for hydroxylation is 1. The van der Waals surface area contributed by atoms with Gasteiger partial charge in [-0.05, 0) is 31.4 Å². The van der Waals surface area contributed by atoms with Gasteiger partial charge in [-0.1, -0.05) is 32.0 Å². The molecule has 0 saturated carbocycles. The number of amides is 1. The molecule has 3 aromatic heterocycles. The molecular weight excluding hydrogens is 432 g/mol. The van der Waals surface area contributed by atoms with Crippen molar-refractivity contribution in [3.63, 3.8) is 0 Å². The van der Waals surface area contributed by atoms with Gasteiger partial charge < -0.3 is 19.2 Å². The van der Waals surface area contributed by atoms with Gasteiger partial charge in [0, 0.05) is 31.2 Å². The van der Waals surface area contributed by atoms with Gasteiger partial charge in [0.25, 0.3) is 5.89 Å². The number of anilines is 2. The number of hydrogen-bond acceptors (Lipinski definition) is 8. The Morgan fingerprint density at radius 2 is 1.94 bits per heavy atom. The Balaban J connectivity index is 1.35. The minimum absolute atomic E-state index is 0.0936. The number of piperidine rings is 1. The summed E-state index contributed by atoms with van der Waals surface area (Å²) in [6.45, 7) is 8.10. The monoisotopic (exact) mass is 458 g/mol. The summed E-state index contributed by atoms with van der Waals surface area (Å²) in [5.74, 6) is 2.55. The predicted octanol–water partition coefficient (Wildman–Crippen LogP) is 3.51. The summed E-state index contributed by atoms with van der Waals surface area (Å²) in [4.78, 5) is 29.1. The van der Waals surface area contributed by atoms with Gasteiger partial charge in [0.1, 0.15) is 6.33 Å². The lowest BCUT2D eigenvalue weighted by atomic mass is 9.73. The second kappa shape index (κ2) is 7.61. The number of aromatic nitrogens is 6. The molecule has 0 aliphatic carbocycles. The van der Waals surface area contributed by atoms with Crippen molar-refractivity contribution in [2.75, 3.05) is 23.3 Å². The van der Waals surface area contributed by atoms with E-state index in [1.165, 1.54) is 0 Å².